The lowest BCUT2D eigenvalue weighted by molar-refractivity contribution is -0.131. The van der Waals surface area contributed by atoms with E-state index in [2.05, 4.69) is 6.58 Å². The Labute approximate surface area is 82.1 Å². The largest absolute Gasteiger partial charge is 0.478 e. The number of rotatable bonds is 1. The third-order valence-electron chi connectivity index (χ3n) is 0.908. The number of benzene rings is 1. The van der Waals surface area contributed by atoms with Crippen molar-refractivity contribution >= 4 is 18.4 Å². The second kappa shape index (κ2) is 8.74. The SMILES string of the molecule is C=CC(=O)O.Cl.Fc1ccccc1. The highest BCUT2D eigenvalue weighted by atomic mass is 35.5. The van der Waals surface area contributed by atoms with Gasteiger partial charge in [0.2, 0.25) is 0 Å². The van der Waals surface area contributed by atoms with Crippen LogP contribution in [0.15, 0.2) is 43.0 Å². The Morgan fingerprint density at radius 3 is 1.92 bits per heavy atom. The predicted octanol–water partition coefficient (Wildman–Crippen LogP) is 2.50. The molecule has 0 aliphatic carbocycles. The fourth-order valence-electron chi connectivity index (χ4n) is 0.415. The molecule has 0 atom stereocenters. The van der Waals surface area contributed by atoms with Gasteiger partial charge in [0.25, 0.3) is 0 Å². The van der Waals surface area contributed by atoms with Crippen molar-refractivity contribution in [3.8, 4) is 0 Å². The zero-order valence-corrected chi connectivity index (χ0v) is 7.63. The molecule has 0 saturated carbocycles. The van der Waals surface area contributed by atoms with E-state index in [1.165, 1.54) is 12.1 Å². The summed E-state index contributed by atoms with van der Waals surface area (Å²) in [5.74, 6) is -1.16. The molecule has 4 heteroatoms. The van der Waals surface area contributed by atoms with Gasteiger partial charge in [0.1, 0.15) is 5.82 Å². The first-order chi connectivity index (χ1) is 5.66. The summed E-state index contributed by atoms with van der Waals surface area (Å²) < 4.78 is 11.9. The fourth-order valence-corrected chi connectivity index (χ4v) is 0.415. The molecule has 0 aliphatic heterocycles. The Bertz CT molecular complexity index is 249. The van der Waals surface area contributed by atoms with Gasteiger partial charge in [-0.1, -0.05) is 24.8 Å². The molecule has 0 spiro atoms. The van der Waals surface area contributed by atoms with Gasteiger partial charge >= 0.3 is 5.97 Å². The summed E-state index contributed by atoms with van der Waals surface area (Å²) >= 11 is 0. The van der Waals surface area contributed by atoms with Crippen LogP contribution >= 0.6 is 12.4 Å². The standard InChI is InChI=1S/C6H5F.C3H4O2.ClH/c7-6-4-2-1-3-5-6;1-2-3(4)5;/h1-5H;2H,1H2,(H,4,5);1H. The van der Waals surface area contributed by atoms with Crippen LogP contribution in [0.25, 0.3) is 0 Å². The van der Waals surface area contributed by atoms with Crippen LogP contribution in [0.3, 0.4) is 0 Å². The fraction of sp³-hybridized carbons (Fsp3) is 0. The number of carboxylic acid groups (broad SMARTS) is 1. The molecule has 72 valence electrons. The molecular formula is C9H10ClFO2. The molecule has 0 unspecified atom stereocenters. The van der Waals surface area contributed by atoms with Crippen molar-refractivity contribution in [2.75, 3.05) is 0 Å². The van der Waals surface area contributed by atoms with Crippen molar-refractivity contribution in [3.05, 3.63) is 48.8 Å². The van der Waals surface area contributed by atoms with Crippen molar-refractivity contribution < 1.29 is 14.3 Å². The van der Waals surface area contributed by atoms with E-state index in [0.29, 0.717) is 0 Å². The molecule has 1 N–H and O–H groups in total. The number of carbonyl (C=O) groups is 1. The van der Waals surface area contributed by atoms with E-state index in [1.807, 2.05) is 0 Å². The molecule has 0 heterocycles. The lowest BCUT2D eigenvalue weighted by atomic mass is 10.4. The first kappa shape index (κ1) is 14.2. The van der Waals surface area contributed by atoms with E-state index < -0.39 is 5.97 Å². The predicted molar refractivity (Wildman–Crippen MR) is 51.5 cm³/mol. The zero-order valence-electron chi connectivity index (χ0n) is 6.81. The average Bonchev–Trinajstić information content (AvgIpc) is 2.07. The van der Waals surface area contributed by atoms with Crippen LogP contribution < -0.4 is 0 Å². The molecule has 0 radical (unpaired) electrons. The Balaban J connectivity index is 0. The van der Waals surface area contributed by atoms with Crippen molar-refractivity contribution in [2.45, 2.75) is 0 Å². The maximum absolute atomic E-state index is 11.9. The summed E-state index contributed by atoms with van der Waals surface area (Å²) in [7, 11) is 0. The first-order valence-electron chi connectivity index (χ1n) is 3.22. The molecule has 0 saturated heterocycles. The lowest BCUT2D eigenvalue weighted by Crippen LogP contribution is -1.82. The zero-order chi connectivity index (χ0) is 9.40. The highest BCUT2D eigenvalue weighted by Crippen LogP contribution is 1.91. The van der Waals surface area contributed by atoms with Crippen LogP contribution in [0.1, 0.15) is 0 Å². The van der Waals surface area contributed by atoms with E-state index in [1.54, 1.807) is 18.2 Å². The molecule has 0 fully saturated rings. The molecule has 1 rings (SSSR count). The van der Waals surface area contributed by atoms with Gasteiger partial charge in [0.05, 0.1) is 0 Å². The third-order valence-corrected chi connectivity index (χ3v) is 0.908. The second-order valence-corrected chi connectivity index (χ2v) is 1.84. The van der Waals surface area contributed by atoms with Crippen molar-refractivity contribution in [1.29, 1.82) is 0 Å². The summed E-state index contributed by atoms with van der Waals surface area (Å²) in [6.07, 6.45) is 0.833. The average molecular weight is 205 g/mol. The van der Waals surface area contributed by atoms with Crippen LogP contribution in [0.4, 0.5) is 4.39 Å². The second-order valence-electron chi connectivity index (χ2n) is 1.84. The van der Waals surface area contributed by atoms with Gasteiger partial charge in [-0.3, -0.25) is 0 Å². The molecule has 0 aliphatic rings. The van der Waals surface area contributed by atoms with Crippen LogP contribution in [0, 0.1) is 5.82 Å². The molecule has 1 aromatic carbocycles. The molecule has 2 nitrogen and oxygen atoms in total. The minimum absolute atomic E-state index is 0. The van der Waals surface area contributed by atoms with Gasteiger partial charge in [-0.2, -0.15) is 0 Å². The normalized spacial score (nSPS) is 7.15. The minimum Gasteiger partial charge on any atom is -0.478 e. The maximum atomic E-state index is 11.9. The molecule has 0 amide bonds. The summed E-state index contributed by atoms with van der Waals surface area (Å²) in [5, 5.41) is 7.60. The Morgan fingerprint density at radius 1 is 1.38 bits per heavy atom. The third kappa shape index (κ3) is 10.7. The quantitative estimate of drug-likeness (QED) is 0.714. The smallest absolute Gasteiger partial charge is 0.327 e. The molecule has 0 aromatic heterocycles. The van der Waals surface area contributed by atoms with E-state index in [9.17, 15) is 9.18 Å². The van der Waals surface area contributed by atoms with E-state index >= 15 is 0 Å². The Hall–Kier alpha value is -1.35. The summed E-state index contributed by atoms with van der Waals surface area (Å²) in [6.45, 7) is 2.96. The van der Waals surface area contributed by atoms with Crippen molar-refractivity contribution in [2.24, 2.45) is 0 Å². The topological polar surface area (TPSA) is 37.3 Å². The Morgan fingerprint density at radius 2 is 1.77 bits per heavy atom. The van der Waals surface area contributed by atoms with Crippen LogP contribution in [0.5, 0.6) is 0 Å². The maximum Gasteiger partial charge on any atom is 0.327 e. The molecular weight excluding hydrogens is 195 g/mol. The van der Waals surface area contributed by atoms with Gasteiger partial charge in [-0.15, -0.1) is 12.4 Å². The highest BCUT2D eigenvalue weighted by Gasteiger charge is 1.77. The van der Waals surface area contributed by atoms with Gasteiger partial charge < -0.3 is 5.11 Å². The number of carboxylic acids is 1. The number of aliphatic carboxylic acids is 1. The van der Waals surface area contributed by atoms with Crippen molar-refractivity contribution in [1.82, 2.24) is 0 Å². The van der Waals surface area contributed by atoms with E-state index in [0.717, 1.165) is 6.08 Å². The molecule has 0 bridgehead atoms. The number of hydrogen-bond acceptors (Lipinski definition) is 1. The van der Waals surface area contributed by atoms with Crippen molar-refractivity contribution in [3.63, 3.8) is 0 Å². The van der Waals surface area contributed by atoms with Gasteiger partial charge in [-0.25, -0.2) is 9.18 Å². The lowest BCUT2D eigenvalue weighted by Gasteiger charge is -1.78. The number of hydrogen-bond donors (Lipinski definition) is 1. The van der Waals surface area contributed by atoms with E-state index in [4.69, 9.17) is 5.11 Å². The summed E-state index contributed by atoms with van der Waals surface area (Å²) in [5.41, 5.74) is 0. The molecule has 13 heavy (non-hydrogen) atoms. The van der Waals surface area contributed by atoms with E-state index in [-0.39, 0.29) is 18.2 Å². The Kier molecular flexibility index (Phi) is 9.54. The number of halogens is 2. The van der Waals surface area contributed by atoms with Crippen LogP contribution in [-0.4, -0.2) is 11.1 Å². The minimum atomic E-state index is -0.981. The summed E-state index contributed by atoms with van der Waals surface area (Å²) in [6, 6.07) is 7.94. The van der Waals surface area contributed by atoms with Gasteiger partial charge in [0, 0.05) is 6.08 Å². The van der Waals surface area contributed by atoms with Gasteiger partial charge in [0.15, 0.2) is 0 Å². The van der Waals surface area contributed by atoms with Gasteiger partial charge in [-0.05, 0) is 12.1 Å². The first-order valence-corrected chi connectivity index (χ1v) is 3.22. The highest BCUT2D eigenvalue weighted by molar-refractivity contribution is 5.85. The summed E-state index contributed by atoms with van der Waals surface area (Å²) in [4.78, 5) is 9.25. The van der Waals surface area contributed by atoms with Crippen LogP contribution in [0.2, 0.25) is 0 Å². The molecule has 1 aromatic rings. The monoisotopic (exact) mass is 204 g/mol. The van der Waals surface area contributed by atoms with Crippen LogP contribution in [-0.2, 0) is 4.79 Å².